The summed E-state index contributed by atoms with van der Waals surface area (Å²) in [4.78, 5) is 17.9. The number of amides is 1. The monoisotopic (exact) mass is 235 g/mol. The van der Waals surface area contributed by atoms with Crippen LogP contribution in [0.4, 0.5) is 10.3 Å². The molecule has 0 aliphatic rings. The van der Waals surface area contributed by atoms with Gasteiger partial charge in [0, 0.05) is 12.4 Å². The molecule has 0 atom stereocenters. The van der Waals surface area contributed by atoms with Gasteiger partial charge in [0.15, 0.2) is 6.61 Å². The van der Waals surface area contributed by atoms with Crippen molar-refractivity contribution in [1.29, 1.82) is 0 Å². The van der Waals surface area contributed by atoms with Crippen molar-refractivity contribution < 1.29 is 13.9 Å². The number of rotatable bonds is 4. The number of benzene rings is 1. The fourth-order valence-electron chi connectivity index (χ4n) is 1.18. The summed E-state index contributed by atoms with van der Waals surface area (Å²) < 4.78 is 17.7. The van der Waals surface area contributed by atoms with Crippen LogP contribution in [0.1, 0.15) is 0 Å². The normalized spacial score (nSPS) is 9.94. The Bertz CT molecular complexity index is 482. The van der Waals surface area contributed by atoms with Gasteiger partial charge in [0.05, 0.1) is 0 Å². The number of anilines is 1. The van der Waals surface area contributed by atoms with Crippen LogP contribution in [0.15, 0.2) is 36.7 Å². The molecule has 1 amide bonds. The van der Waals surface area contributed by atoms with Crippen LogP contribution in [0.3, 0.4) is 0 Å². The van der Waals surface area contributed by atoms with Gasteiger partial charge in [-0.1, -0.05) is 0 Å². The summed E-state index contributed by atoms with van der Waals surface area (Å²) in [5, 5.41) is 2.50. The van der Waals surface area contributed by atoms with Crippen LogP contribution in [0.25, 0.3) is 0 Å². The predicted molar refractivity (Wildman–Crippen MR) is 59.1 cm³/mol. The van der Waals surface area contributed by atoms with Crippen molar-refractivity contribution >= 4 is 11.9 Å². The summed E-state index contributed by atoms with van der Waals surface area (Å²) in [7, 11) is 0. The number of hydrogen-bond acceptors (Lipinski definition) is 3. The molecule has 0 bridgehead atoms. The summed E-state index contributed by atoms with van der Waals surface area (Å²) in [6.45, 7) is -0.160. The van der Waals surface area contributed by atoms with Crippen LogP contribution in [-0.4, -0.2) is 22.5 Å². The van der Waals surface area contributed by atoms with Gasteiger partial charge in [-0.15, -0.1) is 0 Å². The molecule has 0 fully saturated rings. The van der Waals surface area contributed by atoms with Crippen LogP contribution in [0.5, 0.6) is 5.75 Å². The third-order valence-corrected chi connectivity index (χ3v) is 1.94. The molecule has 1 aromatic carbocycles. The molecule has 0 unspecified atom stereocenters. The minimum atomic E-state index is -0.350. The summed E-state index contributed by atoms with van der Waals surface area (Å²) in [6.07, 6.45) is 3.12. The molecule has 0 saturated heterocycles. The maximum Gasteiger partial charge on any atom is 0.264 e. The molecule has 17 heavy (non-hydrogen) atoms. The molecule has 0 spiro atoms. The lowest BCUT2D eigenvalue weighted by Crippen LogP contribution is -2.20. The number of carbonyl (C=O) groups is 1. The third kappa shape index (κ3) is 3.30. The van der Waals surface area contributed by atoms with Crippen molar-refractivity contribution in [3.8, 4) is 5.75 Å². The van der Waals surface area contributed by atoms with Crippen molar-refractivity contribution in [3.63, 3.8) is 0 Å². The molecule has 2 N–H and O–H groups in total. The highest BCUT2D eigenvalue weighted by Crippen LogP contribution is 2.10. The maximum atomic E-state index is 12.6. The van der Waals surface area contributed by atoms with E-state index in [0.717, 1.165) is 0 Å². The maximum absolute atomic E-state index is 12.6. The van der Waals surface area contributed by atoms with E-state index in [-0.39, 0.29) is 18.3 Å². The summed E-state index contributed by atoms with van der Waals surface area (Å²) >= 11 is 0. The molecular weight excluding hydrogens is 225 g/mol. The number of nitrogens with zero attached hydrogens (tertiary/aromatic N) is 1. The summed E-state index contributed by atoms with van der Waals surface area (Å²) in [5.41, 5.74) is 0. The Morgan fingerprint density at radius 3 is 2.82 bits per heavy atom. The number of imidazole rings is 1. The van der Waals surface area contributed by atoms with E-state index in [9.17, 15) is 9.18 Å². The minimum Gasteiger partial charge on any atom is -0.484 e. The third-order valence-electron chi connectivity index (χ3n) is 1.94. The molecule has 1 aromatic heterocycles. The predicted octanol–water partition coefficient (Wildman–Crippen LogP) is 1.57. The molecule has 2 aromatic rings. The van der Waals surface area contributed by atoms with Gasteiger partial charge in [-0.25, -0.2) is 9.37 Å². The van der Waals surface area contributed by atoms with Gasteiger partial charge in [-0.3, -0.25) is 10.1 Å². The average Bonchev–Trinajstić information content (AvgIpc) is 2.81. The number of aromatic nitrogens is 2. The van der Waals surface area contributed by atoms with Crippen molar-refractivity contribution in [1.82, 2.24) is 9.97 Å². The fourth-order valence-corrected chi connectivity index (χ4v) is 1.18. The second-order valence-electron chi connectivity index (χ2n) is 3.23. The second kappa shape index (κ2) is 5.11. The van der Waals surface area contributed by atoms with Crippen molar-refractivity contribution in [2.75, 3.05) is 11.9 Å². The average molecular weight is 235 g/mol. The Morgan fingerprint density at radius 1 is 1.41 bits per heavy atom. The van der Waals surface area contributed by atoms with Crippen LogP contribution < -0.4 is 10.1 Å². The highest BCUT2D eigenvalue weighted by Gasteiger charge is 2.04. The van der Waals surface area contributed by atoms with Crippen LogP contribution in [0, 0.1) is 5.82 Å². The van der Waals surface area contributed by atoms with E-state index in [4.69, 9.17) is 4.74 Å². The van der Waals surface area contributed by atoms with Crippen LogP contribution >= 0.6 is 0 Å². The zero-order valence-corrected chi connectivity index (χ0v) is 8.81. The molecule has 5 nitrogen and oxygen atoms in total. The number of hydrogen-bond donors (Lipinski definition) is 2. The molecule has 0 aliphatic carbocycles. The molecule has 0 saturated carbocycles. The Labute approximate surface area is 96.6 Å². The van der Waals surface area contributed by atoms with E-state index in [0.29, 0.717) is 11.7 Å². The number of halogens is 1. The number of carbonyl (C=O) groups excluding carboxylic acids is 1. The van der Waals surface area contributed by atoms with Gasteiger partial charge in [0.2, 0.25) is 5.95 Å². The topological polar surface area (TPSA) is 67.0 Å². The van der Waals surface area contributed by atoms with Crippen LogP contribution in [-0.2, 0) is 4.79 Å². The largest absolute Gasteiger partial charge is 0.484 e. The zero-order valence-electron chi connectivity index (χ0n) is 8.81. The van der Waals surface area contributed by atoms with Crippen molar-refractivity contribution in [2.24, 2.45) is 0 Å². The van der Waals surface area contributed by atoms with Crippen molar-refractivity contribution in [2.45, 2.75) is 0 Å². The SMILES string of the molecule is O=C(COc1ccc(F)cc1)Nc1ncc[nH]1. The lowest BCUT2D eigenvalue weighted by Gasteiger charge is -2.05. The van der Waals surface area contributed by atoms with E-state index < -0.39 is 0 Å². The highest BCUT2D eigenvalue weighted by atomic mass is 19.1. The quantitative estimate of drug-likeness (QED) is 0.845. The van der Waals surface area contributed by atoms with Gasteiger partial charge in [-0.05, 0) is 24.3 Å². The Kier molecular flexibility index (Phi) is 3.34. The smallest absolute Gasteiger partial charge is 0.264 e. The first-order valence-electron chi connectivity index (χ1n) is 4.91. The summed E-state index contributed by atoms with van der Waals surface area (Å²) in [5.74, 6) is 0.0976. The van der Waals surface area contributed by atoms with Crippen molar-refractivity contribution in [3.05, 3.63) is 42.5 Å². The highest BCUT2D eigenvalue weighted by molar-refractivity contribution is 5.90. The molecular formula is C11H10FN3O2. The first-order chi connectivity index (χ1) is 8.24. The lowest BCUT2D eigenvalue weighted by atomic mass is 10.3. The number of ether oxygens (including phenoxy) is 1. The molecule has 88 valence electrons. The van der Waals surface area contributed by atoms with Gasteiger partial charge in [0.1, 0.15) is 11.6 Å². The number of H-pyrrole nitrogens is 1. The van der Waals surface area contributed by atoms with Gasteiger partial charge in [0.25, 0.3) is 5.91 Å². The molecule has 6 heteroatoms. The molecule has 0 radical (unpaired) electrons. The van der Waals surface area contributed by atoms with Gasteiger partial charge < -0.3 is 9.72 Å². The van der Waals surface area contributed by atoms with Gasteiger partial charge >= 0.3 is 0 Å². The Balaban J connectivity index is 1.82. The molecule has 0 aliphatic heterocycles. The first-order valence-corrected chi connectivity index (χ1v) is 4.91. The number of aromatic amines is 1. The standard InChI is InChI=1S/C11H10FN3O2/c12-8-1-3-9(4-2-8)17-7-10(16)15-11-13-5-6-14-11/h1-6H,7H2,(H2,13,14,15,16). The van der Waals surface area contributed by atoms with E-state index in [1.807, 2.05) is 0 Å². The van der Waals surface area contributed by atoms with Gasteiger partial charge in [-0.2, -0.15) is 0 Å². The molecule has 2 rings (SSSR count). The Hall–Kier alpha value is -2.37. The minimum absolute atomic E-state index is 0.160. The van der Waals surface area contributed by atoms with E-state index in [1.54, 1.807) is 6.20 Å². The summed E-state index contributed by atoms with van der Waals surface area (Å²) in [6, 6.07) is 5.44. The Morgan fingerprint density at radius 2 is 2.18 bits per heavy atom. The van der Waals surface area contributed by atoms with E-state index >= 15 is 0 Å². The zero-order chi connectivity index (χ0) is 12.1. The second-order valence-corrected chi connectivity index (χ2v) is 3.23. The first kappa shape index (κ1) is 11.1. The van der Waals surface area contributed by atoms with E-state index in [1.165, 1.54) is 30.5 Å². The van der Waals surface area contributed by atoms with E-state index in [2.05, 4.69) is 15.3 Å². The fraction of sp³-hybridized carbons (Fsp3) is 0.0909. The van der Waals surface area contributed by atoms with Crippen LogP contribution in [0.2, 0.25) is 0 Å². The number of nitrogens with one attached hydrogen (secondary N) is 2. The molecule has 1 heterocycles. The lowest BCUT2D eigenvalue weighted by molar-refractivity contribution is -0.118.